The summed E-state index contributed by atoms with van der Waals surface area (Å²) in [6.07, 6.45) is -0.0384. The van der Waals surface area contributed by atoms with Crippen molar-refractivity contribution < 1.29 is 23.4 Å². The Kier molecular flexibility index (Phi) is 7.93. The van der Waals surface area contributed by atoms with Gasteiger partial charge in [0.05, 0.1) is 37.9 Å². The van der Waals surface area contributed by atoms with Crippen molar-refractivity contribution in [3.63, 3.8) is 0 Å². The van der Waals surface area contributed by atoms with Crippen molar-refractivity contribution in [2.24, 2.45) is 0 Å². The number of esters is 1. The topological polar surface area (TPSA) is 54.0 Å². The molecular formula is C26H36O5Si. The van der Waals surface area contributed by atoms with E-state index < -0.39 is 8.32 Å². The molecule has 3 rings (SSSR count). The molecule has 0 aromatic heterocycles. The first-order valence-electron chi connectivity index (χ1n) is 11.3. The number of carbonyl (C=O) groups is 1. The van der Waals surface area contributed by atoms with E-state index >= 15 is 0 Å². The van der Waals surface area contributed by atoms with Crippen LogP contribution in [0.2, 0.25) is 5.04 Å². The Bertz CT molecular complexity index is 825. The van der Waals surface area contributed by atoms with E-state index in [9.17, 15) is 4.79 Å². The fraction of sp³-hybridized carbons (Fsp3) is 0.500. The van der Waals surface area contributed by atoms with Gasteiger partial charge in [0.25, 0.3) is 8.32 Å². The fourth-order valence-corrected chi connectivity index (χ4v) is 9.39. The number of methoxy groups -OCH3 is 2. The Labute approximate surface area is 193 Å². The van der Waals surface area contributed by atoms with Crippen molar-refractivity contribution in [3.8, 4) is 0 Å². The Morgan fingerprint density at radius 3 is 2.00 bits per heavy atom. The van der Waals surface area contributed by atoms with Crippen LogP contribution in [0.15, 0.2) is 60.7 Å². The molecule has 1 aliphatic heterocycles. The van der Waals surface area contributed by atoms with E-state index in [1.807, 2.05) is 19.1 Å². The lowest BCUT2D eigenvalue weighted by molar-refractivity contribution is -0.145. The van der Waals surface area contributed by atoms with Gasteiger partial charge in [0, 0.05) is 13.5 Å². The summed E-state index contributed by atoms with van der Waals surface area (Å²) in [6.45, 7) is 8.74. The maximum absolute atomic E-state index is 12.2. The molecule has 4 atom stereocenters. The summed E-state index contributed by atoms with van der Waals surface area (Å²) >= 11 is 0. The second-order valence-electron chi connectivity index (χ2n) is 9.49. The lowest BCUT2D eigenvalue weighted by Gasteiger charge is -2.45. The van der Waals surface area contributed by atoms with Crippen LogP contribution in [0, 0.1) is 0 Å². The molecule has 0 aliphatic carbocycles. The Hall–Kier alpha value is -1.99. The molecule has 0 spiro atoms. The zero-order valence-electron chi connectivity index (χ0n) is 20.0. The summed E-state index contributed by atoms with van der Waals surface area (Å²) in [5, 5.41) is 2.26. The van der Waals surface area contributed by atoms with Crippen molar-refractivity contribution in [1.82, 2.24) is 0 Å². The molecular weight excluding hydrogens is 420 g/mol. The molecule has 0 bridgehead atoms. The van der Waals surface area contributed by atoms with Gasteiger partial charge >= 0.3 is 5.97 Å². The highest BCUT2D eigenvalue weighted by atomic mass is 28.4. The van der Waals surface area contributed by atoms with Gasteiger partial charge in [-0.25, -0.2) is 0 Å². The van der Waals surface area contributed by atoms with E-state index in [1.54, 1.807) is 7.11 Å². The predicted octanol–water partition coefficient (Wildman–Crippen LogP) is 3.69. The Morgan fingerprint density at radius 2 is 1.56 bits per heavy atom. The minimum Gasteiger partial charge on any atom is -0.469 e. The molecule has 5 nitrogen and oxygen atoms in total. The first kappa shape index (κ1) is 24.6. The molecule has 0 unspecified atom stereocenters. The van der Waals surface area contributed by atoms with Crippen molar-refractivity contribution >= 4 is 24.7 Å². The largest absolute Gasteiger partial charge is 0.469 e. The molecule has 1 aliphatic rings. The van der Waals surface area contributed by atoms with Crippen molar-refractivity contribution in [1.29, 1.82) is 0 Å². The second-order valence-corrected chi connectivity index (χ2v) is 13.7. The molecule has 32 heavy (non-hydrogen) atoms. The summed E-state index contributed by atoms with van der Waals surface area (Å²) < 4.78 is 24.1. The average molecular weight is 457 g/mol. The molecule has 1 fully saturated rings. The van der Waals surface area contributed by atoms with Crippen LogP contribution in [-0.4, -0.2) is 52.9 Å². The van der Waals surface area contributed by atoms with E-state index in [-0.39, 0.29) is 41.8 Å². The van der Waals surface area contributed by atoms with Gasteiger partial charge in [-0.2, -0.15) is 0 Å². The van der Waals surface area contributed by atoms with Gasteiger partial charge in [0.2, 0.25) is 0 Å². The summed E-state index contributed by atoms with van der Waals surface area (Å²) in [7, 11) is 0.323. The zero-order valence-corrected chi connectivity index (χ0v) is 21.0. The standard InChI is InChI=1S/C26H36O5Si/c1-19(28-5)22-17-24(23(30-22)18-25(27)29-6)31-32(26(2,3)4,20-13-9-7-10-14-20)21-15-11-8-12-16-21/h7-16,19,22-24H,17-18H2,1-6H3/t19-,22+,23-,24+/m1/s1. The quantitative estimate of drug-likeness (QED) is 0.448. The van der Waals surface area contributed by atoms with Crippen molar-refractivity contribution in [2.45, 2.75) is 70.0 Å². The van der Waals surface area contributed by atoms with E-state index in [2.05, 4.69) is 69.3 Å². The first-order valence-corrected chi connectivity index (χ1v) is 13.2. The minimum absolute atomic E-state index is 0.0945. The van der Waals surface area contributed by atoms with E-state index in [4.69, 9.17) is 18.6 Å². The maximum atomic E-state index is 12.2. The molecule has 1 saturated heterocycles. The van der Waals surface area contributed by atoms with Crippen molar-refractivity contribution in [3.05, 3.63) is 60.7 Å². The number of hydrogen-bond donors (Lipinski definition) is 0. The van der Waals surface area contributed by atoms with E-state index in [0.717, 1.165) is 0 Å². The van der Waals surface area contributed by atoms with Gasteiger partial charge in [0.15, 0.2) is 0 Å². The lowest BCUT2D eigenvalue weighted by atomic mass is 10.1. The van der Waals surface area contributed by atoms with Crippen LogP contribution in [0.5, 0.6) is 0 Å². The summed E-state index contributed by atoms with van der Waals surface area (Å²) in [6, 6.07) is 21.0. The minimum atomic E-state index is -2.76. The van der Waals surface area contributed by atoms with Gasteiger partial charge in [-0.15, -0.1) is 0 Å². The maximum Gasteiger partial charge on any atom is 0.308 e. The lowest BCUT2D eigenvalue weighted by Crippen LogP contribution is -2.68. The molecule has 6 heteroatoms. The predicted molar refractivity (Wildman–Crippen MR) is 129 cm³/mol. The molecule has 174 valence electrons. The highest BCUT2D eigenvalue weighted by Crippen LogP contribution is 2.40. The number of rotatable bonds is 8. The van der Waals surface area contributed by atoms with Crippen molar-refractivity contribution in [2.75, 3.05) is 14.2 Å². The van der Waals surface area contributed by atoms with E-state index in [1.165, 1.54) is 17.5 Å². The van der Waals surface area contributed by atoms with Gasteiger partial charge in [-0.1, -0.05) is 81.4 Å². The SMILES string of the molecule is COC(=O)C[C@H]1O[C@H]([C@@H](C)OC)C[C@@H]1O[Si](c1ccccc1)(c1ccccc1)C(C)(C)C. The highest BCUT2D eigenvalue weighted by molar-refractivity contribution is 6.99. The van der Waals surface area contributed by atoms with Gasteiger partial charge in [-0.05, 0) is 22.3 Å². The van der Waals surface area contributed by atoms with E-state index in [0.29, 0.717) is 6.42 Å². The first-order chi connectivity index (χ1) is 15.2. The zero-order chi connectivity index (χ0) is 23.4. The van der Waals surface area contributed by atoms with Gasteiger partial charge < -0.3 is 18.6 Å². The third kappa shape index (κ3) is 4.99. The molecule has 0 amide bonds. The van der Waals surface area contributed by atoms with Crippen LogP contribution in [0.4, 0.5) is 0 Å². The third-order valence-corrected chi connectivity index (χ3v) is 11.5. The third-order valence-electron chi connectivity index (χ3n) is 6.46. The molecule has 0 radical (unpaired) electrons. The molecule has 0 saturated carbocycles. The van der Waals surface area contributed by atoms with Crippen LogP contribution in [-0.2, 0) is 23.4 Å². The van der Waals surface area contributed by atoms with Gasteiger partial charge in [-0.3, -0.25) is 4.79 Å². The Balaban J connectivity index is 2.09. The molecule has 1 heterocycles. The smallest absolute Gasteiger partial charge is 0.308 e. The monoisotopic (exact) mass is 456 g/mol. The van der Waals surface area contributed by atoms with Crippen LogP contribution in [0.1, 0.15) is 40.5 Å². The number of ether oxygens (including phenoxy) is 3. The fourth-order valence-electron chi connectivity index (χ4n) is 4.67. The normalized spacial score (nSPS) is 22.5. The number of hydrogen-bond acceptors (Lipinski definition) is 5. The summed E-state index contributed by atoms with van der Waals surface area (Å²) in [5.74, 6) is -0.295. The highest BCUT2D eigenvalue weighted by Gasteiger charge is 2.54. The number of benzene rings is 2. The van der Waals surface area contributed by atoms with Crippen LogP contribution in [0.3, 0.4) is 0 Å². The average Bonchev–Trinajstić information content (AvgIpc) is 3.19. The van der Waals surface area contributed by atoms with Crippen LogP contribution < -0.4 is 10.4 Å². The molecule has 2 aromatic rings. The second kappa shape index (κ2) is 10.3. The molecule has 2 aromatic carbocycles. The number of carbonyl (C=O) groups excluding carboxylic acids is 1. The van der Waals surface area contributed by atoms with Crippen LogP contribution in [0.25, 0.3) is 0 Å². The summed E-state index contributed by atoms with van der Waals surface area (Å²) in [5.41, 5.74) is 0. The Morgan fingerprint density at radius 1 is 1.03 bits per heavy atom. The molecule has 0 N–H and O–H groups in total. The van der Waals surface area contributed by atoms with Gasteiger partial charge in [0.1, 0.15) is 0 Å². The van der Waals surface area contributed by atoms with Crippen LogP contribution >= 0.6 is 0 Å². The summed E-state index contributed by atoms with van der Waals surface area (Å²) in [4.78, 5) is 12.2.